The fourth-order valence-corrected chi connectivity index (χ4v) is 5.24. The number of hydrogen-bond acceptors (Lipinski definition) is 5. The Morgan fingerprint density at radius 1 is 0.967 bits per heavy atom. The molecule has 2 aromatic rings. The molecule has 0 radical (unpaired) electrons. The minimum Gasteiger partial charge on any atom is -0.441 e. The summed E-state index contributed by atoms with van der Waals surface area (Å²) in [5.41, 5.74) is 2.20. The van der Waals surface area contributed by atoms with Crippen molar-refractivity contribution >= 4 is 11.9 Å². The van der Waals surface area contributed by atoms with Crippen molar-refractivity contribution in [3.05, 3.63) is 77.9 Å². The molecule has 1 saturated heterocycles. The summed E-state index contributed by atoms with van der Waals surface area (Å²) in [5.74, 6) is 1.08. The minimum atomic E-state index is -0.898. The van der Waals surface area contributed by atoms with E-state index in [1.54, 1.807) is 0 Å². The predicted octanol–water partition coefficient (Wildman–Crippen LogP) is 5.09. The quantitative estimate of drug-likeness (QED) is 0.642. The smallest absolute Gasteiger partial charge is 0.302 e. The summed E-state index contributed by atoms with van der Waals surface area (Å²) in [5, 5.41) is 0. The Morgan fingerprint density at radius 3 is 2.50 bits per heavy atom. The van der Waals surface area contributed by atoms with Gasteiger partial charge in [-0.25, -0.2) is 4.31 Å². The van der Waals surface area contributed by atoms with Gasteiger partial charge in [0.05, 0.1) is 0 Å². The molecule has 2 aliphatic heterocycles. The molecule has 2 unspecified atom stereocenters. The average Bonchev–Trinajstić information content (AvgIpc) is 3.16. The van der Waals surface area contributed by atoms with Crippen LogP contribution in [-0.4, -0.2) is 42.4 Å². The van der Waals surface area contributed by atoms with Crippen molar-refractivity contribution < 1.29 is 9.47 Å². The summed E-state index contributed by atoms with van der Waals surface area (Å²) in [7, 11) is 2.18. The Balaban J connectivity index is 1.45. The van der Waals surface area contributed by atoms with E-state index >= 15 is 0 Å². The van der Waals surface area contributed by atoms with Crippen molar-refractivity contribution in [2.75, 3.05) is 33.2 Å². The first-order valence-corrected chi connectivity index (χ1v) is 11.5. The molecular weight excluding hydrogens is 392 g/mol. The number of hydrogen-bond donors (Lipinski definition) is 0. The van der Waals surface area contributed by atoms with Gasteiger partial charge in [-0.3, -0.25) is 0 Å². The van der Waals surface area contributed by atoms with Gasteiger partial charge in [-0.1, -0.05) is 55.5 Å². The van der Waals surface area contributed by atoms with E-state index in [0.29, 0.717) is 5.92 Å². The molecule has 0 aromatic heterocycles. The molecule has 0 spiro atoms. The van der Waals surface area contributed by atoms with Crippen LogP contribution < -0.4 is 9.47 Å². The summed E-state index contributed by atoms with van der Waals surface area (Å²) in [6, 6.07) is 16.6. The van der Waals surface area contributed by atoms with E-state index in [9.17, 15) is 0 Å². The molecule has 5 heteroatoms. The van der Waals surface area contributed by atoms with Gasteiger partial charge in [0.2, 0.25) is 0 Å². The maximum absolute atomic E-state index is 6.67. The monoisotopic (exact) mass is 420 g/mol. The van der Waals surface area contributed by atoms with Crippen LogP contribution in [0.25, 0.3) is 0 Å². The van der Waals surface area contributed by atoms with Crippen LogP contribution in [0.5, 0.6) is 11.5 Å². The van der Waals surface area contributed by atoms with Crippen LogP contribution in [0.3, 0.4) is 0 Å². The van der Waals surface area contributed by atoms with E-state index in [4.69, 9.17) is 9.47 Å². The van der Waals surface area contributed by atoms with Crippen LogP contribution in [0.15, 0.2) is 77.2 Å². The van der Waals surface area contributed by atoms with Gasteiger partial charge in [0, 0.05) is 42.2 Å². The number of ether oxygens (including phenoxy) is 2. The van der Waals surface area contributed by atoms with Gasteiger partial charge in [0.25, 0.3) is 0 Å². The maximum atomic E-state index is 6.67. The van der Waals surface area contributed by atoms with Crippen molar-refractivity contribution in [2.24, 2.45) is 5.92 Å². The van der Waals surface area contributed by atoms with Crippen molar-refractivity contribution in [3.8, 4) is 11.5 Å². The lowest BCUT2D eigenvalue weighted by Crippen LogP contribution is -2.41. The van der Waals surface area contributed by atoms with Crippen molar-refractivity contribution in [3.63, 3.8) is 0 Å². The Labute approximate surface area is 183 Å². The number of benzene rings is 2. The van der Waals surface area contributed by atoms with Crippen LogP contribution in [0.2, 0.25) is 0 Å². The molecule has 0 bridgehead atoms. The molecule has 1 aliphatic carbocycles. The summed E-state index contributed by atoms with van der Waals surface area (Å²) in [4.78, 5) is 3.56. The standard InChI is InChI=1S/C25H28N2O2S/c1-19-8-6-7-11-22(19)25(20-9-4-3-5-10-20)28-23-13-12-21(18-24(23)29-25)30-27-16-14-26(2)15-17-27/h3-7,9-13,18-19H,8,14-17H2,1-2H3. The summed E-state index contributed by atoms with van der Waals surface area (Å²) >= 11 is 1.81. The fraction of sp³-hybridized carbons (Fsp3) is 0.360. The zero-order valence-electron chi connectivity index (χ0n) is 17.6. The highest BCUT2D eigenvalue weighted by Gasteiger charge is 2.48. The third kappa shape index (κ3) is 3.66. The highest BCUT2D eigenvalue weighted by Crippen LogP contribution is 2.51. The van der Waals surface area contributed by atoms with Crippen LogP contribution in [0.1, 0.15) is 18.9 Å². The number of rotatable bonds is 4. The lowest BCUT2D eigenvalue weighted by molar-refractivity contribution is -0.0575. The Kier molecular flexibility index (Phi) is 5.35. The van der Waals surface area contributed by atoms with Crippen LogP contribution in [0, 0.1) is 5.92 Å². The van der Waals surface area contributed by atoms with Gasteiger partial charge in [0.15, 0.2) is 11.5 Å². The van der Waals surface area contributed by atoms with Gasteiger partial charge in [-0.15, -0.1) is 0 Å². The minimum absolute atomic E-state index is 0.351. The lowest BCUT2D eigenvalue weighted by Gasteiger charge is -2.34. The summed E-state index contributed by atoms with van der Waals surface area (Å²) in [6.45, 7) is 6.59. The van der Waals surface area contributed by atoms with Crippen molar-refractivity contribution in [1.82, 2.24) is 9.21 Å². The number of fused-ring (bicyclic) bond motifs is 1. The zero-order valence-corrected chi connectivity index (χ0v) is 18.4. The lowest BCUT2D eigenvalue weighted by atomic mass is 9.84. The Bertz CT molecular complexity index is 966. The second-order valence-electron chi connectivity index (χ2n) is 8.31. The van der Waals surface area contributed by atoms with Gasteiger partial charge >= 0.3 is 5.79 Å². The summed E-state index contributed by atoms with van der Waals surface area (Å²) < 4.78 is 15.7. The number of likely N-dealkylation sites (N-methyl/N-ethyl adjacent to an activating group) is 1. The molecule has 5 rings (SSSR count). The third-order valence-electron chi connectivity index (χ3n) is 6.09. The molecule has 0 saturated carbocycles. The Morgan fingerprint density at radius 2 is 1.73 bits per heavy atom. The van der Waals surface area contributed by atoms with Crippen molar-refractivity contribution in [2.45, 2.75) is 24.0 Å². The van der Waals surface area contributed by atoms with Crippen LogP contribution in [-0.2, 0) is 5.79 Å². The highest BCUT2D eigenvalue weighted by molar-refractivity contribution is 7.97. The maximum Gasteiger partial charge on any atom is 0.302 e. The topological polar surface area (TPSA) is 24.9 Å². The van der Waals surface area contributed by atoms with Gasteiger partial charge in [-0.05, 0) is 49.5 Å². The first-order valence-electron chi connectivity index (χ1n) is 10.7. The van der Waals surface area contributed by atoms with Gasteiger partial charge in [0.1, 0.15) is 0 Å². The third-order valence-corrected chi connectivity index (χ3v) is 7.17. The van der Waals surface area contributed by atoms with Gasteiger partial charge < -0.3 is 14.4 Å². The van der Waals surface area contributed by atoms with Crippen molar-refractivity contribution in [1.29, 1.82) is 0 Å². The second kappa shape index (κ2) is 8.14. The van der Waals surface area contributed by atoms with Gasteiger partial charge in [-0.2, -0.15) is 0 Å². The molecule has 3 aliphatic rings. The predicted molar refractivity (Wildman–Crippen MR) is 122 cm³/mol. The normalized spacial score (nSPS) is 26.6. The van der Waals surface area contributed by atoms with E-state index in [0.717, 1.165) is 49.7 Å². The first kappa shape index (κ1) is 19.7. The largest absolute Gasteiger partial charge is 0.441 e. The average molecular weight is 421 g/mol. The number of allylic oxidation sites excluding steroid dienone is 3. The molecule has 0 N–H and O–H groups in total. The molecule has 2 aromatic carbocycles. The van der Waals surface area contributed by atoms with E-state index in [1.807, 2.05) is 30.1 Å². The molecule has 0 amide bonds. The van der Waals surface area contributed by atoms with Crippen LogP contribution in [0.4, 0.5) is 0 Å². The molecule has 156 valence electrons. The molecule has 30 heavy (non-hydrogen) atoms. The van der Waals surface area contributed by atoms with E-state index in [-0.39, 0.29) is 0 Å². The molecule has 2 atom stereocenters. The van der Waals surface area contributed by atoms with E-state index < -0.39 is 5.79 Å². The SMILES string of the molecule is CC1CC=CC=C1C1(c2ccccc2)Oc2ccc(SN3CCN(C)CC3)cc2O1. The second-order valence-corrected chi connectivity index (χ2v) is 9.48. The fourth-order valence-electron chi connectivity index (χ4n) is 4.31. The van der Waals surface area contributed by atoms with E-state index in [2.05, 4.69) is 71.7 Å². The number of piperazine rings is 1. The highest BCUT2D eigenvalue weighted by atomic mass is 32.2. The zero-order chi connectivity index (χ0) is 20.6. The van der Waals surface area contributed by atoms with E-state index in [1.165, 1.54) is 10.5 Å². The Hall–Kier alpha value is -2.21. The number of nitrogens with zero attached hydrogens (tertiary/aromatic N) is 2. The van der Waals surface area contributed by atoms with Crippen LogP contribution >= 0.6 is 11.9 Å². The molecular formula is C25H28N2O2S. The molecule has 1 fully saturated rings. The molecule has 4 nitrogen and oxygen atoms in total. The summed E-state index contributed by atoms with van der Waals surface area (Å²) in [6.07, 6.45) is 7.48. The molecule has 2 heterocycles. The first-order chi connectivity index (χ1) is 14.6.